The van der Waals surface area contributed by atoms with E-state index in [4.69, 9.17) is 14.4 Å². The maximum absolute atomic E-state index is 6.64. The molecule has 0 saturated carbocycles. The fourth-order valence-corrected chi connectivity index (χ4v) is 9.89. The number of thiophene rings is 1. The second-order valence-electron chi connectivity index (χ2n) is 14.6. The smallest absolute Gasteiger partial charge is 0.159 e. The van der Waals surface area contributed by atoms with Gasteiger partial charge in [-0.2, -0.15) is 0 Å². The summed E-state index contributed by atoms with van der Waals surface area (Å²) in [5, 5.41) is 10.9. The lowest BCUT2D eigenvalue weighted by Gasteiger charge is -2.24. The van der Waals surface area contributed by atoms with Gasteiger partial charge in [0.15, 0.2) is 5.84 Å². The zero-order chi connectivity index (χ0) is 37.5. The summed E-state index contributed by atoms with van der Waals surface area (Å²) >= 11 is 1.82. The van der Waals surface area contributed by atoms with Gasteiger partial charge in [-0.3, -0.25) is 0 Å². The van der Waals surface area contributed by atoms with Crippen molar-refractivity contribution in [1.82, 2.24) is 9.88 Å². The average Bonchev–Trinajstić information content (AvgIpc) is 3.96. The first kappa shape index (κ1) is 32.0. The molecule has 0 radical (unpaired) electrons. The highest BCUT2D eigenvalue weighted by molar-refractivity contribution is 7.26. The number of nitrogens with zero attached hydrogens (tertiary/aromatic N) is 3. The van der Waals surface area contributed by atoms with E-state index < -0.39 is 0 Å². The van der Waals surface area contributed by atoms with Gasteiger partial charge in [0.05, 0.1) is 11.0 Å². The molecule has 1 atom stereocenters. The molecule has 1 unspecified atom stereocenters. The number of hydrogen-bond acceptors (Lipinski definition) is 5. The number of amidine groups is 2. The first-order valence-corrected chi connectivity index (χ1v) is 20.0. The molecule has 0 amide bonds. The number of hydrogen-bond donors (Lipinski definition) is 1. The van der Waals surface area contributed by atoms with Crippen LogP contribution in [0.1, 0.15) is 22.9 Å². The molecule has 0 saturated heterocycles. The predicted octanol–water partition coefficient (Wildman–Crippen LogP) is 13.2. The van der Waals surface area contributed by atoms with Gasteiger partial charge in [-0.05, 0) is 53.6 Å². The zero-order valence-corrected chi connectivity index (χ0v) is 31.4. The Morgan fingerprint density at radius 1 is 0.526 bits per heavy atom. The summed E-state index contributed by atoms with van der Waals surface area (Å²) in [4.78, 5) is 10.2. The molecule has 1 N–H and O–H groups in total. The lowest BCUT2D eigenvalue weighted by molar-refractivity contribution is 0.668. The number of fused-ring (bicyclic) bond motifs is 9. The Morgan fingerprint density at radius 3 is 2.02 bits per heavy atom. The molecule has 0 aliphatic carbocycles. The Balaban J connectivity index is 0.972. The SMILES string of the molecule is c1ccc(C2=NC(c3cccc4c3sc3ccc(-c5cccc6oc7cc(-n8c9ccccc9c9ccccc98)ccc7c56)cc34)NC(c3ccccc3)=N2)cc1. The normalized spacial score (nSPS) is 14.5. The molecule has 0 bridgehead atoms. The number of furan rings is 1. The maximum Gasteiger partial charge on any atom is 0.159 e. The topological polar surface area (TPSA) is 54.8 Å². The monoisotopic (exact) mass is 748 g/mol. The molecule has 11 aromatic rings. The van der Waals surface area contributed by atoms with Gasteiger partial charge in [0.2, 0.25) is 0 Å². The highest BCUT2D eigenvalue weighted by Gasteiger charge is 2.24. The lowest BCUT2D eigenvalue weighted by atomic mass is 9.97. The summed E-state index contributed by atoms with van der Waals surface area (Å²) in [6.45, 7) is 0. The molecule has 5 nitrogen and oxygen atoms in total. The summed E-state index contributed by atoms with van der Waals surface area (Å²) in [5.74, 6) is 1.54. The predicted molar refractivity (Wildman–Crippen MR) is 238 cm³/mol. The Kier molecular flexibility index (Phi) is 7.09. The largest absolute Gasteiger partial charge is 0.456 e. The van der Waals surface area contributed by atoms with Crippen LogP contribution >= 0.6 is 11.3 Å². The fraction of sp³-hybridized carbons (Fsp3) is 0.0196. The van der Waals surface area contributed by atoms with Crippen molar-refractivity contribution in [2.75, 3.05) is 0 Å². The third-order valence-electron chi connectivity index (χ3n) is 11.3. The average molecular weight is 749 g/mol. The van der Waals surface area contributed by atoms with Crippen LogP contribution in [0.15, 0.2) is 196 Å². The minimum absolute atomic E-state index is 0.303. The second-order valence-corrected chi connectivity index (χ2v) is 15.6. The van der Waals surface area contributed by atoms with E-state index in [0.717, 1.165) is 67.1 Å². The van der Waals surface area contributed by atoms with Crippen LogP contribution in [0.2, 0.25) is 0 Å². The number of nitrogens with one attached hydrogen (secondary N) is 1. The summed E-state index contributed by atoms with van der Waals surface area (Å²) in [5.41, 5.74) is 10.7. The standard InChI is InChI=1S/C51H32N4OS/c1-3-13-31(14-4-1)49-52-50(32-15-5-2-6-16-32)54-51(53-49)40-21-11-20-38-41-29-33(25-28-46(41)57-48(38)40)35-19-12-24-44-47(35)39-27-26-34(30-45(39)56-44)55-42-22-9-7-17-36(42)37-18-8-10-23-43(37)55/h1-30,51H,(H,52,53,54). The molecular weight excluding hydrogens is 717 g/mol. The molecule has 8 aromatic carbocycles. The van der Waals surface area contributed by atoms with Crippen molar-refractivity contribution in [1.29, 1.82) is 0 Å². The van der Waals surface area contributed by atoms with E-state index in [2.05, 4.69) is 155 Å². The molecular formula is C51H32N4OS. The van der Waals surface area contributed by atoms with Crippen LogP contribution in [0.4, 0.5) is 0 Å². The molecule has 1 aliphatic heterocycles. The van der Waals surface area contributed by atoms with Gasteiger partial charge in [-0.15, -0.1) is 11.3 Å². The van der Waals surface area contributed by atoms with Crippen LogP contribution in [-0.2, 0) is 0 Å². The van der Waals surface area contributed by atoms with E-state index >= 15 is 0 Å². The molecule has 0 fully saturated rings. The third kappa shape index (κ3) is 5.08. The van der Waals surface area contributed by atoms with Gasteiger partial charge in [0, 0.05) is 70.2 Å². The summed E-state index contributed by atoms with van der Waals surface area (Å²) < 4.78 is 11.4. The van der Waals surface area contributed by atoms with Crippen molar-refractivity contribution in [2.45, 2.75) is 6.17 Å². The molecule has 268 valence electrons. The van der Waals surface area contributed by atoms with Crippen LogP contribution in [0, 0.1) is 0 Å². The Morgan fingerprint density at radius 2 is 1.23 bits per heavy atom. The molecule has 0 spiro atoms. The van der Waals surface area contributed by atoms with E-state index in [1.807, 2.05) is 47.7 Å². The van der Waals surface area contributed by atoms with Gasteiger partial charge < -0.3 is 14.3 Å². The van der Waals surface area contributed by atoms with Crippen LogP contribution in [0.3, 0.4) is 0 Å². The van der Waals surface area contributed by atoms with E-state index in [9.17, 15) is 0 Å². The minimum atomic E-state index is -0.303. The second kappa shape index (κ2) is 12.6. The van der Waals surface area contributed by atoms with Crippen LogP contribution in [-0.4, -0.2) is 16.2 Å². The molecule has 1 aliphatic rings. The van der Waals surface area contributed by atoms with E-state index in [0.29, 0.717) is 0 Å². The Hall–Kier alpha value is -7.28. The van der Waals surface area contributed by atoms with Crippen molar-refractivity contribution in [3.63, 3.8) is 0 Å². The lowest BCUT2D eigenvalue weighted by Crippen LogP contribution is -2.33. The Bertz CT molecular complexity index is 3390. The number of aromatic nitrogens is 1. The fourth-order valence-electron chi connectivity index (χ4n) is 8.67. The third-order valence-corrected chi connectivity index (χ3v) is 12.5. The van der Waals surface area contributed by atoms with Crippen LogP contribution in [0.25, 0.3) is 80.7 Å². The van der Waals surface area contributed by atoms with Gasteiger partial charge in [-0.1, -0.05) is 133 Å². The van der Waals surface area contributed by atoms with Crippen molar-refractivity contribution >= 4 is 86.9 Å². The molecule has 57 heavy (non-hydrogen) atoms. The highest BCUT2D eigenvalue weighted by atomic mass is 32.1. The summed E-state index contributed by atoms with van der Waals surface area (Å²) in [6.07, 6.45) is -0.303. The number of rotatable bonds is 5. The van der Waals surface area contributed by atoms with Crippen molar-refractivity contribution in [2.24, 2.45) is 9.98 Å². The first-order chi connectivity index (χ1) is 28.2. The Labute approximate surface area is 331 Å². The molecule has 6 heteroatoms. The molecule has 12 rings (SSSR count). The van der Waals surface area contributed by atoms with Gasteiger partial charge in [-0.25, -0.2) is 9.98 Å². The molecule has 3 aromatic heterocycles. The maximum atomic E-state index is 6.64. The first-order valence-electron chi connectivity index (χ1n) is 19.2. The van der Waals surface area contributed by atoms with Crippen molar-refractivity contribution < 1.29 is 4.42 Å². The number of para-hydroxylation sites is 2. The van der Waals surface area contributed by atoms with Crippen molar-refractivity contribution in [3.05, 3.63) is 199 Å². The van der Waals surface area contributed by atoms with Crippen LogP contribution in [0.5, 0.6) is 0 Å². The molecule has 4 heterocycles. The zero-order valence-electron chi connectivity index (χ0n) is 30.6. The number of benzene rings is 8. The van der Waals surface area contributed by atoms with Gasteiger partial charge in [0.1, 0.15) is 23.2 Å². The van der Waals surface area contributed by atoms with E-state index in [1.54, 1.807) is 0 Å². The van der Waals surface area contributed by atoms with E-state index in [-0.39, 0.29) is 6.17 Å². The highest BCUT2D eigenvalue weighted by Crippen LogP contribution is 2.43. The number of aliphatic imine (C=N–C) groups is 2. The van der Waals surface area contributed by atoms with Gasteiger partial charge in [0.25, 0.3) is 0 Å². The summed E-state index contributed by atoms with van der Waals surface area (Å²) in [6, 6.07) is 64.3. The summed E-state index contributed by atoms with van der Waals surface area (Å²) in [7, 11) is 0. The quantitative estimate of drug-likeness (QED) is 0.191. The van der Waals surface area contributed by atoms with E-state index in [1.165, 1.54) is 42.0 Å². The van der Waals surface area contributed by atoms with Crippen molar-refractivity contribution in [3.8, 4) is 16.8 Å². The van der Waals surface area contributed by atoms with Gasteiger partial charge >= 0.3 is 0 Å². The van der Waals surface area contributed by atoms with Crippen LogP contribution < -0.4 is 5.32 Å². The minimum Gasteiger partial charge on any atom is -0.456 e.